The molecule has 1 atom stereocenters. The number of rotatable bonds is 6. The number of aromatic nitrogens is 2. The number of Topliss-reactive ketones (excluding diaryl/α,β-unsaturated/α-hetero) is 1. The lowest BCUT2D eigenvalue weighted by molar-refractivity contribution is -0.155. The average Bonchev–Trinajstić information content (AvgIpc) is 2.83. The van der Waals surface area contributed by atoms with E-state index in [4.69, 9.17) is 9.26 Å². The molecule has 0 aliphatic heterocycles. The Morgan fingerprint density at radius 2 is 1.92 bits per heavy atom. The molecular weight excluding hydrogens is 355 g/mol. The highest BCUT2D eigenvalue weighted by molar-refractivity contribution is 7.66. The van der Waals surface area contributed by atoms with E-state index in [0.29, 0.717) is 22.8 Å². The Balaban J connectivity index is 2.53. The minimum absolute atomic E-state index is 0.146. The second-order valence-electron chi connectivity index (χ2n) is 7.11. The van der Waals surface area contributed by atoms with Gasteiger partial charge in [0.1, 0.15) is 17.8 Å². The third kappa shape index (κ3) is 4.59. The molecule has 0 bridgehead atoms. The van der Waals surface area contributed by atoms with E-state index >= 15 is 0 Å². The Morgan fingerprint density at radius 3 is 2.46 bits per heavy atom. The lowest BCUT2D eigenvalue weighted by atomic mass is 10.1. The first kappa shape index (κ1) is 20.3. The molecule has 26 heavy (non-hydrogen) atoms. The molecule has 0 spiro atoms. The molecule has 8 heteroatoms. The summed E-state index contributed by atoms with van der Waals surface area (Å²) in [7, 11) is -2.99. The molecule has 0 saturated carbocycles. The second-order valence-corrected chi connectivity index (χ2v) is 9.58. The van der Waals surface area contributed by atoms with Gasteiger partial charge >= 0.3 is 5.97 Å². The number of benzene rings is 1. The van der Waals surface area contributed by atoms with E-state index in [0.717, 1.165) is 0 Å². The van der Waals surface area contributed by atoms with Gasteiger partial charge in [0.25, 0.3) is 0 Å². The average molecular weight is 380 g/mol. The smallest absolute Gasteiger partial charge is 0.328 e. The molecule has 0 radical (unpaired) electrons. The fourth-order valence-electron chi connectivity index (χ4n) is 2.61. The predicted molar refractivity (Wildman–Crippen MR) is 100 cm³/mol. The van der Waals surface area contributed by atoms with Crippen molar-refractivity contribution in [1.29, 1.82) is 0 Å². The van der Waals surface area contributed by atoms with Crippen LogP contribution in [-0.2, 0) is 25.2 Å². The van der Waals surface area contributed by atoms with E-state index in [1.165, 1.54) is 18.3 Å². The molecule has 0 aliphatic rings. The maximum atomic E-state index is 12.7. The van der Waals surface area contributed by atoms with Crippen molar-refractivity contribution in [2.24, 2.45) is 0 Å². The normalized spacial score (nSPS) is 14.2. The molecule has 1 aromatic heterocycles. The molecule has 2 aromatic rings. The standard InChI is InChI=1S/C18H25N2O5P/c1-7-24-26(6,23)13-8-9-14-15(10-13)20(19-17(14)12(2)21)11-16(22)25-18(3,4)5/h8-10H,7,11H2,1-6H3. The van der Waals surface area contributed by atoms with E-state index in [1.807, 2.05) is 0 Å². The molecule has 142 valence electrons. The van der Waals surface area contributed by atoms with Crippen LogP contribution in [0.1, 0.15) is 45.1 Å². The molecule has 0 N–H and O–H groups in total. The number of fused-ring (bicyclic) bond motifs is 1. The van der Waals surface area contributed by atoms with Crippen molar-refractivity contribution in [2.45, 2.75) is 46.8 Å². The van der Waals surface area contributed by atoms with Gasteiger partial charge in [0.2, 0.25) is 7.37 Å². The monoisotopic (exact) mass is 380 g/mol. The van der Waals surface area contributed by atoms with E-state index in [1.54, 1.807) is 45.9 Å². The summed E-state index contributed by atoms with van der Waals surface area (Å²) in [5, 5.41) is 5.37. The van der Waals surface area contributed by atoms with Gasteiger partial charge in [-0.15, -0.1) is 0 Å². The minimum atomic E-state index is -2.99. The lowest BCUT2D eigenvalue weighted by Gasteiger charge is -2.19. The topological polar surface area (TPSA) is 87.5 Å². The van der Waals surface area contributed by atoms with Gasteiger partial charge in [0, 0.05) is 24.3 Å². The predicted octanol–water partition coefficient (Wildman–Crippen LogP) is 3.15. The third-order valence-corrected chi connectivity index (χ3v) is 5.58. The highest BCUT2D eigenvalue weighted by atomic mass is 31.2. The maximum Gasteiger partial charge on any atom is 0.328 e. The summed E-state index contributed by atoms with van der Waals surface area (Å²) in [6, 6.07) is 5.02. The zero-order valence-electron chi connectivity index (χ0n) is 16.0. The highest BCUT2D eigenvalue weighted by Gasteiger charge is 2.24. The Bertz CT molecular complexity index is 895. The summed E-state index contributed by atoms with van der Waals surface area (Å²) < 4.78 is 24.8. The van der Waals surface area contributed by atoms with Crippen molar-refractivity contribution in [1.82, 2.24) is 9.78 Å². The van der Waals surface area contributed by atoms with Crippen molar-refractivity contribution in [3.8, 4) is 0 Å². The first-order valence-electron chi connectivity index (χ1n) is 8.40. The van der Waals surface area contributed by atoms with Crippen molar-refractivity contribution >= 4 is 35.3 Å². The van der Waals surface area contributed by atoms with E-state index in [-0.39, 0.29) is 18.0 Å². The summed E-state index contributed by atoms with van der Waals surface area (Å²) in [5.41, 5.74) is 0.181. The zero-order chi connectivity index (χ0) is 19.7. The summed E-state index contributed by atoms with van der Waals surface area (Å²) >= 11 is 0. The van der Waals surface area contributed by atoms with Gasteiger partial charge in [0.05, 0.1) is 12.1 Å². The van der Waals surface area contributed by atoms with Gasteiger partial charge in [-0.25, -0.2) is 0 Å². The van der Waals surface area contributed by atoms with Crippen LogP contribution in [0.15, 0.2) is 18.2 Å². The van der Waals surface area contributed by atoms with Crippen molar-refractivity contribution in [3.63, 3.8) is 0 Å². The molecule has 2 rings (SSSR count). The van der Waals surface area contributed by atoms with Crippen molar-refractivity contribution in [2.75, 3.05) is 13.3 Å². The number of esters is 1. The van der Waals surface area contributed by atoms with Crippen LogP contribution < -0.4 is 5.30 Å². The quantitative estimate of drug-likeness (QED) is 0.435. The van der Waals surface area contributed by atoms with Gasteiger partial charge in [-0.1, -0.05) is 0 Å². The summed E-state index contributed by atoms with van der Waals surface area (Å²) in [4.78, 5) is 24.1. The highest BCUT2D eigenvalue weighted by Crippen LogP contribution is 2.41. The summed E-state index contributed by atoms with van der Waals surface area (Å²) in [5.74, 6) is -0.679. The zero-order valence-corrected chi connectivity index (χ0v) is 16.9. The number of hydrogen-bond acceptors (Lipinski definition) is 6. The molecule has 0 amide bonds. The molecule has 1 unspecified atom stereocenters. The Kier molecular flexibility index (Phi) is 5.73. The number of nitrogens with zero attached hydrogens (tertiary/aromatic N) is 2. The van der Waals surface area contributed by atoms with Crippen LogP contribution in [0, 0.1) is 0 Å². The minimum Gasteiger partial charge on any atom is -0.459 e. The van der Waals surface area contributed by atoms with Crippen LogP contribution in [0.4, 0.5) is 0 Å². The van der Waals surface area contributed by atoms with Crippen LogP contribution in [0.3, 0.4) is 0 Å². The molecule has 0 aliphatic carbocycles. The number of ketones is 1. The van der Waals surface area contributed by atoms with Crippen LogP contribution >= 0.6 is 7.37 Å². The summed E-state index contributed by atoms with van der Waals surface area (Å²) in [6.07, 6.45) is 0. The molecule has 0 fully saturated rings. The van der Waals surface area contributed by atoms with E-state index in [2.05, 4.69) is 5.10 Å². The largest absolute Gasteiger partial charge is 0.459 e. The Labute approximate surface area is 153 Å². The van der Waals surface area contributed by atoms with E-state index < -0.39 is 18.9 Å². The summed E-state index contributed by atoms with van der Waals surface area (Å²) in [6.45, 7) is 10.2. The lowest BCUT2D eigenvalue weighted by Crippen LogP contribution is -2.27. The molecule has 7 nitrogen and oxygen atoms in total. The van der Waals surface area contributed by atoms with E-state index in [9.17, 15) is 14.2 Å². The Hall–Kier alpha value is -1.98. The van der Waals surface area contributed by atoms with Gasteiger partial charge in [0.15, 0.2) is 5.78 Å². The first-order chi connectivity index (χ1) is 11.9. The SMILES string of the molecule is CCOP(C)(=O)c1ccc2c(C(C)=O)nn(CC(=O)OC(C)(C)C)c2c1. The van der Waals surface area contributed by atoms with Gasteiger partial charge < -0.3 is 9.26 Å². The van der Waals surface area contributed by atoms with Crippen molar-refractivity contribution < 1.29 is 23.4 Å². The van der Waals surface area contributed by atoms with Crippen LogP contribution in [0.2, 0.25) is 0 Å². The fourth-order valence-corrected chi connectivity index (χ4v) is 3.96. The van der Waals surface area contributed by atoms with Crippen molar-refractivity contribution in [3.05, 3.63) is 23.9 Å². The molecule has 1 aromatic carbocycles. The van der Waals surface area contributed by atoms with Gasteiger partial charge in [-0.05, 0) is 45.9 Å². The number of ether oxygens (including phenoxy) is 1. The third-order valence-electron chi connectivity index (χ3n) is 3.61. The number of carbonyl (C=O) groups excluding carboxylic acids is 2. The Morgan fingerprint density at radius 1 is 1.27 bits per heavy atom. The fraction of sp³-hybridized carbons (Fsp3) is 0.500. The maximum absolute atomic E-state index is 12.7. The molecule has 1 heterocycles. The van der Waals surface area contributed by atoms with Crippen LogP contribution in [-0.4, -0.2) is 40.4 Å². The number of hydrogen-bond donors (Lipinski definition) is 0. The second kappa shape index (κ2) is 7.33. The molecular formula is C18H25N2O5P. The first-order valence-corrected chi connectivity index (χ1v) is 10.5. The number of carbonyl (C=O) groups is 2. The van der Waals surface area contributed by atoms with Gasteiger partial charge in [-0.3, -0.25) is 18.8 Å². The van der Waals surface area contributed by atoms with Gasteiger partial charge in [-0.2, -0.15) is 5.10 Å². The van der Waals surface area contributed by atoms with Crippen LogP contribution in [0.5, 0.6) is 0 Å². The van der Waals surface area contributed by atoms with Crippen LogP contribution in [0.25, 0.3) is 10.9 Å². The molecule has 0 saturated heterocycles.